The highest BCUT2D eigenvalue weighted by Crippen LogP contribution is 2.21. The fourth-order valence-corrected chi connectivity index (χ4v) is 2.43. The van der Waals surface area contributed by atoms with E-state index in [2.05, 4.69) is 26.7 Å². The first-order valence-corrected chi connectivity index (χ1v) is 7.47. The number of hydrogen-bond donors (Lipinski definition) is 3. The Hall–Kier alpha value is -1.45. The smallest absolute Gasteiger partial charge is 0.361 e. The third-order valence-electron chi connectivity index (χ3n) is 3.62. The molecule has 3 N–H and O–H groups in total. The quantitative estimate of drug-likeness (QED) is 0.366. The monoisotopic (exact) mass is 454 g/mol. The van der Waals surface area contributed by atoms with Crippen LogP contribution in [-0.2, 0) is 6.42 Å². The van der Waals surface area contributed by atoms with Crippen LogP contribution in [0.2, 0.25) is 0 Å². The van der Waals surface area contributed by atoms with E-state index < -0.39 is 12.6 Å². The van der Waals surface area contributed by atoms with Gasteiger partial charge in [-0.1, -0.05) is 18.2 Å². The van der Waals surface area contributed by atoms with E-state index >= 15 is 0 Å². The van der Waals surface area contributed by atoms with Gasteiger partial charge in [-0.15, -0.1) is 24.0 Å². The van der Waals surface area contributed by atoms with Gasteiger partial charge in [0.05, 0.1) is 6.42 Å². The van der Waals surface area contributed by atoms with E-state index in [9.17, 15) is 13.2 Å². The number of halogens is 4. The van der Waals surface area contributed by atoms with Gasteiger partial charge in [-0.25, -0.2) is 0 Å². The molecule has 2 aromatic rings. The molecule has 0 fully saturated rings. The molecule has 0 aliphatic carbocycles. The van der Waals surface area contributed by atoms with Crippen LogP contribution >= 0.6 is 24.0 Å². The van der Waals surface area contributed by atoms with Gasteiger partial charge in [0.25, 0.3) is 0 Å². The van der Waals surface area contributed by atoms with Gasteiger partial charge in [-0.3, -0.25) is 4.99 Å². The zero-order valence-corrected chi connectivity index (χ0v) is 16.0. The van der Waals surface area contributed by atoms with Crippen LogP contribution in [0.15, 0.2) is 29.4 Å². The summed E-state index contributed by atoms with van der Waals surface area (Å²) in [5.41, 5.74) is 3.48. The highest BCUT2D eigenvalue weighted by molar-refractivity contribution is 14.0. The van der Waals surface area contributed by atoms with E-state index in [1.54, 1.807) is 0 Å². The van der Waals surface area contributed by atoms with Gasteiger partial charge in [0.1, 0.15) is 0 Å². The summed E-state index contributed by atoms with van der Waals surface area (Å²) < 4.78 is 36.4. The molecule has 0 atom stereocenters. The molecule has 1 aromatic carbocycles. The average molecular weight is 454 g/mol. The lowest BCUT2D eigenvalue weighted by Crippen LogP contribution is -2.39. The van der Waals surface area contributed by atoms with Crippen LogP contribution in [0.1, 0.15) is 17.5 Å². The minimum Gasteiger partial charge on any atom is -0.361 e. The molecule has 1 aromatic heterocycles. The standard InChI is InChI=1S/C16H21F3N4.HI/c1-11-4-3-5-13-12(10-23-14(11)13)6-8-21-15(20-2)22-9-7-16(17,18)19;/h3-5,10,23H,6-9H2,1-2H3,(H2,20,21,22);1H. The van der Waals surface area contributed by atoms with Crippen molar-refractivity contribution in [1.82, 2.24) is 15.6 Å². The second kappa shape index (κ2) is 9.14. The molecular formula is C16H22F3IN4. The summed E-state index contributed by atoms with van der Waals surface area (Å²) in [5, 5.41) is 6.87. The van der Waals surface area contributed by atoms with Crippen LogP contribution in [0.4, 0.5) is 13.2 Å². The van der Waals surface area contributed by atoms with Gasteiger partial charge in [-0.05, 0) is 24.5 Å². The van der Waals surface area contributed by atoms with E-state index in [-0.39, 0.29) is 30.5 Å². The number of rotatable bonds is 5. The predicted octanol–water partition coefficient (Wildman–Crippen LogP) is 3.75. The summed E-state index contributed by atoms with van der Waals surface area (Å²) >= 11 is 0. The highest BCUT2D eigenvalue weighted by Gasteiger charge is 2.26. The maximum atomic E-state index is 12.1. The van der Waals surface area contributed by atoms with Crippen molar-refractivity contribution < 1.29 is 13.2 Å². The summed E-state index contributed by atoms with van der Waals surface area (Å²) in [5.74, 6) is 0.380. The number of fused-ring (bicyclic) bond motifs is 1. The molecule has 2 rings (SSSR count). The normalized spacial score (nSPS) is 12.1. The fourth-order valence-electron chi connectivity index (χ4n) is 2.43. The second-order valence-corrected chi connectivity index (χ2v) is 5.35. The largest absolute Gasteiger partial charge is 0.390 e. The summed E-state index contributed by atoms with van der Waals surface area (Å²) in [6.45, 7) is 2.45. The van der Waals surface area contributed by atoms with Gasteiger partial charge in [0, 0.05) is 37.2 Å². The first-order chi connectivity index (χ1) is 10.9. The number of alkyl halides is 3. The summed E-state index contributed by atoms with van der Waals surface area (Å²) in [6, 6.07) is 6.12. The minimum atomic E-state index is -4.16. The molecule has 24 heavy (non-hydrogen) atoms. The van der Waals surface area contributed by atoms with Gasteiger partial charge in [-0.2, -0.15) is 13.2 Å². The van der Waals surface area contributed by atoms with Crippen molar-refractivity contribution >= 4 is 40.8 Å². The molecule has 0 aliphatic heterocycles. The molecule has 4 nitrogen and oxygen atoms in total. The summed E-state index contributed by atoms with van der Waals surface area (Å²) in [4.78, 5) is 7.18. The first kappa shape index (κ1) is 20.6. The van der Waals surface area contributed by atoms with Crippen molar-refractivity contribution in [3.63, 3.8) is 0 Å². The number of aromatic nitrogens is 1. The van der Waals surface area contributed by atoms with E-state index in [0.29, 0.717) is 12.5 Å². The molecule has 134 valence electrons. The van der Waals surface area contributed by atoms with Gasteiger partial charge >= 0.3 is 6.18 Å². The van der Waals surface area contributed by atoms with E-state index in [1.165, 1.54) is 23.6 Å². The van der Waals surface area contributed by atoms with Crippen LogP contribution in [0, 0.1) is 6.92 Å². The van der Waals surface area contributed by atoms with Crippen molar-refractivity contribution in [2.75, 3.05) is 20.1 Å². The van der Waals surface area contributed by atoms with Crippen LogP contribution < -0.4 is 10.6 Å². The molecule has 0 saturated carbocycles. The minimum absolute atomic E-state index is 0. The number of benzene rings is 1. The molecule has 1 heterocycles. The Labute approximate surface area is 156 Å². The van der Waals surface area contributed by atoms with Gasteiger partial charge in [0.15, 0.2) is 5.96 Å². The topological polar surface area (TPSA) is 52.2 Å². The van der Waals surface area contributed by atoms with Crippen molar-refractivity contribution in [2.24, 2.45) is 4.99 Å². The van der Waals surface area contributed by atoms with Crippen LogP contribution in [0.25, 0.3) is 10.9 Å². The highest BCUT2D eigenvalue weighted by atomic mass is 127. The number of nitrogens with zero attached hydrogens (tertiary/aromatic N) is 1. The Balaban J connectivity index is 0.00000288. The molecule has 0 unspecified atom stereocenters. The number of para-hydroxylation sites is 1. The molecule has 0 amide bonds. The summed E-state index contributed by atoms with van der Waals surface area (Å²) in [6.07, 6.45) is -2.31. The molecule has 0 aliphatic rings. The maximum Gasteiger partial charge on any atom is 0.390 e. The zero-order valence-electron chi connectivity index (χ0n) is 13.6. The maximum absolute atomic E-state index is 12.1. The Kier molecular flexibility index (Phi) is 7.85. The number of hydrogen-bond acceptors (Lipinski definition) is 1. The molecule has 0 spiro atoms. The molecular weight excluding hydrogens is 432 g/mol. The van der Waals surface area contributed by atoms with Crippen LogP contribution in [0.3, 0.4) is 0 Å². The number of nitrogens with one attached hydrogen (secondary N) is 3. The predicted molar refractivity (Wildman–Crippen MR) is 102 cm³/mol. The number of H-pyrrole nitrogens is 1. The van der Waals surface area contributed by atoms with Gasteiger partial charge in [0.2, 0.25) is 0 Å². The SMILES string of the molecule is CN=C(NCCc1c[nH]c2c(C)cccc12)NCCC(F)(F)F.I. The Bertz CT molecular complexity index is 680. The lowest BCUT2D eigenvalue weighted by Gasteiger charge is -2.12. The fraction of sp³-hybridized carbons (Fsp3) is 0.438. The number of guanidine groups is 1. The third-order valence-corrected chi connectivity index (χ3v) is 3.62. The van der Waals surface area contributed by atoms with E-state index in [4.69, 9.17) is 0 Å². The van der Waals surface area contributed by atoms with Crippen molar-refractivity contribution in [1.29, 1.82) is 0 Å². The molecule has 8 heteroatoms. The van der Waals surface area contributed by atoms with E-state index in [1.807, 2.05) is 25.3 Å². The summed E-state index contributed by atoms with van der Waals surface area (Å²) in [7, 11) is 1.54. The average Bonchev–Trinajstić information content (AvgIpc) is 2.89. The van der Waals surface area contributed by atoms with Crippen molar-refractivity contribution in [2.45, 2.75) is 25.9 Å². The molecule has 0 radical (unpaired) electrons. The van der Waals surface area contributed by atoms with Crippen molar-refractivity contribution in [3.05, 3.63) is 35.5 Å². The molecule has 0 bridgehead atoms. The van der Waals surface area contributed by atoms with Crippen LogP contribution in [0.5, 0.6) is 0 Å². The zero-order chi connectivity index (χ0) is 16.9. The lowest BCUT2D eigenvalue weighted by atomic mass is 10.1. The van der Waals surface area contributed by atoms with Crippen molar-refractivity contribution in [3.8, 4) is 0 Å². The molecule has 0 saturated heterocycles. The third kappa shape index (κ3) is 5.88. The Morgan fingerprint density at radius 2 is 1.92 bits per heavy atom. The van der Waals surface area contributed by atoms with Gasteiger partial charge < -0.3 is 15.6 Å². The lowest BCUT2D eigenvalue weighted by molar-refractivity contribution is -0.132. The number of aromatic amines is 1. The second-order valence-electron chi connectivity index (χ2n) is 5.35. The number of aliphatic imine (C=N–C) groups is 1. The van der Waals surface area contributed by atoms with Crippen LogP contribution in [-0.4, -0.2) is 37.3 Å². The Morgan fingerprint density at radius 1 is 1.21 bits per heavy atom. The number of aryl methyl sites for hydroxylation is 1. The van der Waals surface area contributed by atoms with E-state index in [0.717, 1.165) is 11.9 Å². The Morgan fingerprint density at radius 3 is 2.58 bits per heavy atom. The first-order valence-electron chi connectivity index (χ1n) is 7.47.